The molecule has 4 nitrogen and oxygen atoms in total. The lowest BCUT2D eigenvalue weighted by Crippen LogP contribution is -2.48. The minimum absolute atomic E-state index is 0.175. The first-order valence-electron chi connectivity index (χ1n) is 6.66. The van der Waals surface area contributed by atoms with Gasteiger partial charge in [0.05, 0.1) is 5.75 Å². The summed E-state index contributed by atoms with van der Waals surface area (Å²) in [6, 6.07) is 0.377. The Balaban J connectivity index is 4.31. The standard InChI is InChI=1S/C13H30N2O2S/c1-7-8-14-12(13(2,3)4)11-15(5)9-10-18(6,16)17/h12,14H,7-11H2,1-6H3. The molecule has 1 unspecified atom stereocenters. The maximum Gasteiger partial charge on any atom is 0.148 e. The zero-order valence-electron chi connectivity index (χ0n) is 12.8. The molecule has 0 aromatic heterocycles. The van der Waals surface area contributed by atoms with Crippen LogP contribution in [0.5, 0.6) is 0 Å². The first kappa shape index (κ1) is 17.9. The molecule has 0 aliphatic heterocycles. The highest BCUT2D eigenvalue weighted by Crippen LogP contribution is 2.19. The van der Waals surface area contributed by atoms with Crippen LogP contribution in [0.1, 0.15) is 34.1 Å². The van der Waals surface area contributed by atoms with E-state index in [9.17, 15) is 8.42 Å². The maximum absolute atomic E-state index is 11.1. The van der Waals surface area contributed by atoms with Crippen LogP contribution in [0.4, 0.5) is 0 Å². The van der Waals surface area contributed by atoms with Crippen LogP contribution in [-0.2, 0) is 9.84 Å². The molecule has 0 heterocycles. The van der Waals surface area contributed by atoms with Gasteiger partial charge in [-0.3, -0.25) is 0 Å². The molecule has 0 saturated carbocycles. The molecule has 0 fully saturated rings. The van der Waals surface area contributed by atoms with E-state index in [1.807, 2.05) is 7.05 Å². The van der Waals surface area contributed by atoms with E-state index in [0.29, 0.717) is 12.6 Å². The van der Waals surface area contributed by atoms with Crippen molar-refractivity contribution in [1.29, 1.82) is 0 Å². The summed E-state index contributed by atoms with van der Waals surface area (Å²) in [5, 5.41) is 3.55. The average molecular weight is 278 g/mol. The molecule has 0 aliphatic carbocycles. The largest absolute Gasteiger partial charge is 0.312 e. The Hall–Kier alpha value is -0.130. The third kappa shape index (κ3) is 8.89. The Morgan fingerprint density at radius 2 is 1.83 bits per heavy atom. The highest BCUT2D eigenvalue weighted by Gasteiger charge is 2.25. The summed E-state index contributed by atoms with van der Waals surface area (Å²) in [7, 11) is -0.886. The van der Waals surface area contributed by atoms with Crippen molar-refractivity contribution in [2.75, 3.05) is 38.7 Å². The smallest absolute Gasteiger partial charge is 0.148 e. The van der Waals surface area contributed by atoms with Crippen LogP contribution < -0.4 is 5.32 Å². The fourth-order valence-corrected chi connectivity index (χ4v) is 2.33. The molecule has 0 aliphatic rings. The number of rotatable bonds is 8. The molecular weight excluding hydrogens is 248 g/mol. The summed E-state index contributed by atoms with van der Waals surface area (Å²) in [6.07, 6.45) is 2.40. The van der Waals surface area contributed by atoms with Crippen LogP contribution in [0.2, 0.25) is 0 Å². The third-order valence-electron chi connectivity index (χ3n) is 3.02. The van der Waals surface area contributed by atoms with E-state index in [4.69, 9.17) is 0 Å². The molecule has 1 atom stereocenters. The Bertz CT molecular complexity index is 320. The van der Waals surface area contributed by atoms with Gasteiger partial charge in [0.25, 0.3) is 0 Å². The fraction of sp³-hybridized carbons (Fsp3) is 1.00. The minimum Gasteiger partial charge on any atom is -0.312 e. The molecule has 0 aromatic rings. The van der Waals surface area contributed by atoms with Crippen molar-refractivity contribution in [3.05, 3.63) is 0 Å². The Morgan fingerprint density at radius 1 is 1.28 bits per heavy atom. The molecule has 0 saturated heterocycles. The lowest BCUT2D eigenvalue weighted by molar-refractivity contribution is 0.199. The zero-order chi connectivity index (χ0) is 14.4. The summed E-state index contributed by atoms with van der Waals surface area (Å²) >= 11 is 0. The van der Waals surface area contributed by atoms with Crippen LogP contribution in [0.15, 0.2) is 0 Å². The molecule has 0 rings (SSSR count). The Kier molecular flexibility index (Phi) is 7.40. The van der Waals surface area contributed by atoms with Crippen molar-refractivity contribution in [2.45, 2.75) is 40.2 Å². The van der Waals surface area contributed by atoms with E-state index in [1.165, 1.54) is 6.26 Å². The van der Waals surface area contributed by atoms with Crippen LogP contribution in [-0.4, -0.2) is 58.1 Å². The summed E-state index contributed by atoms with van der Waals surface area (Å²) in [5.41, 5.74) is 0.175. The van der Waals surface area contributed by atoms with Gasteiger partial charge >= 0.3 is 0 Å². The van der Waals surface area contributed by atoms with Crippen molar-refractivity contribution in [2.24, 2.45) is 5.41 Å². The predicted octanol–water partition coefficient (Wildman–Crippen LogP) is 1.38. The van der Waals surface area contributed by atoms with Crippen molar-refractivity contribution in [3.63, 3.8) is 0 Å². The van der Waals surface area contributed by atoms with Gasteiger partial charge in [0, 0.05) is 25.4 Å². The second kappa shape index (κ2) is 7.46. The van der Waals surface area contributed by atoms with E-state index in [1.54, 1.807) is 0 Å². The molecule has 18 heavy (non-hydrogen) atoms. The number of hydrogen-bond donors (Lipinski definition) is 1. The molecular formula is C13H30N2O2S. The molecule has 0 spiro atoms. The van der Waals surface area contributed by atoms with Crippen molar-refractivity contribution >= 4 is 9.84 Å². The number of nitrogens with zero attached hydrogens (tertiary/aromatic N) is 1. The van der Waals surface area contributed by atoms with Gasteiger partial charge in [-0.05, 0) is 25.4 Å². The van der Waals surface area contributed by atoms with Crippen molar-refractivity contribution in [1.82, 2.24) is 10.2 Å². The number of hydrogen-bond acceptors (Lipinski definition) is 4. The van der Waals surface area contributed by atoms with E-state index in [2.05, 4.69) is 37.9 Å². The van der Waals surface area contributed by atoms with Gasteiger partial charge in [-0.2, -0.15) is 0 Å². The molecule has 0 amide bonds. The van der Waals surface area contributed by atoms with Gasteiger partial charge in [0.2, 0.25) is 0 Å². The summed E-state index contributed by atoms with van der Waals surface area (Å²) < 4.78 is 22.3. The second-order valence-corrected chi connectivity index (χ2v) is 8.52. The van der Waals surface area contributed by atoms with E-state index < -0.39 is 9.84 Å². The summed E-state index contributed by atoms with van der Waals surface area (Å²) in [5.74, 6) is 0.230. The highest BCUT2D eigenvalue weighted by molar-refractivity contribution is 7.90. The highest BCUT2D eigenvalue weighted by atomic mass is 32.2. The molecule has 1 N–H and O–H groups in total. The summed E-state index contributed by atoms with van der Waals surface area (Å²) in [4.78, 5) is 2.10. The number of nitrogens with one attached hydrogen (secondary N) is 1. The Labute approximate surface area is 113 Å². The van der Waals surface area contributed by atoms with Crippen molar-refractivity contribution < 1.29 is 8.42 Å². The topological polar surface area (TPSA) is 49.4 Å². The normalized spacial score (nSPS) is 15.1. The molecule has 110 valence electrons. The van der Waals surface area contributed by atoms with E-state index in [0.717, 1.165) is 19.5 Å². The number of sulfone groups is 1. The minimum atomic E-state index is -2.87. The van der Waals surface area contributed by atoms with E-state index >= 15 is 0 Å². The van der Waals surface area contributed by atoms with Gasteiger partial charge < -0.3 is 10.2 Å². The molecule has 0 radical (unpaired) electrons. The lowest BCUT2D eigenvalue weighted by Gasteiger charge is -2.34. The average Bonchev–Trinajstić information content (AvgIpc) is 2.18. The first-order valence-corrected chi connectivity index (χ1v) is 8.72. The number of likely N-dealkylation sites (N-methyl/N-ethyl adjacent to an activating group) is 1. The van der Waals surface area contributed by atoms with Crippen LogP contribution in [0, 0.1) is 5.41 Å². The maximum atomic E-state index is 11.1. The van der Waals surface area contributed by atoms with E-state index in [-0.39, 0.29) is 11.2 Å². The van der Waals surface area contributed by atoms with Gasteiger partial charge in [-0.15, -0.1) is 0 Å². The monoisotopic (exact) mass is 278 g/mol. The SMILES string of the molecule is CCCNC(CN(C)CCS(C)(=O)=O)C(C)(C)C. The van der Waals surface area contributed by atoms with Crippen LogP contribution in [0.3, 0.4) is 0 Å². The lowest BCUT2D eigenvalue weighted by atomic mass is 9.86. The molecule has 0 bridgehead atoms. The summed E-state index contributed by atoms with van der Waals surface area (Å²) in [6.45, 7) is 11.3. The van der Waals surface area contributed by atoms with Gasteiger partial charge in [0.1, 0.15) is 9.84 Å². The fourth-order valence-electron chi connectivity index (χ4n) is 1.69. The molecule has 0 aromatic carbocycles. The second-order valence-electron chi connectivity index (χ2n) is 6.26. The third-order valence-corrected chi connectivity index (χ3v) is 3.95. The van der Waals surface area contributed by atoms with Gasteiger partial charge in [0.15, 0.2) is 0 Å². The predicted molar refractivity (Wildman–Crippen MR) is 78.7 cm³/mol. The van der Waals surface area contributed by atoms with Crippen LogP contribution in [0.25, 0.3) is 0 Å². The van der Waals surface area contributed by atoms with Crippen LogP contribution >= 0.6 is 0 Å². The Morgan fingerprint density at radius 3 is 2.22 bits per heavy atom. The zero-order valence-corrected chi connectivity index (χ0v) is 13.6. The van der Waals surface area contributed by atoms with Crippen molar-refractivity contribution in [3.8, 4) is 0 Å². The molecule has 5 heteroatoms. The quantitative estimate of drug-likeness (QED) is 0.729. The van der Waals surface area contributed by atoms with Gasteiger partial charge in [-0.25, -0.2) is 8.42 Å². The van der Waals surface area contributed by atoms with Gasteiger partial charge in [-0.1, -0.05) is 27.7 Å². The first-order chi connectivity index (χ1) is 8.06.